The van der Waals surface area contributed by atoms with Crippen LogP contribution in [-0.2, 0) is 4.79 Å². The van der Waals surface area contributed by atoms with Gasteiger partial charge in [0.15, 0.2) is 0 Å². The Labute approximate surface area is 110 Å². The minimum atomic E-state index is 0.0639. The number of benzene rings is 1. The molecule has 1 rings (SSSR count). The molecule has 1 aromatic carbocycles. The molecule has 0 aromatic heterocycles. The lowest BCUT2D eigenvalue weighted by Crippen LogP contribution is -2.28. The van der Waals surface area contributed by atoms with E-state index in [0.29, 0.717) is 12.5 Å². The Morgan fingerprint density at radius 3 is 2.61 bits per heavy atom. The van der Waals surface area contributed by atoms with Crippen molar-refractivity contribution in [1.29, 1.82) is 0 Å². The molecule has 1 amide bonds. The van der Waals surface area contributed by atoms with E-state index < -0.39 is 0 Å². The quantitative estimate of drug-likeness (QED) is 0.812. The van der Waals surface area contributed by atoms with Gasteiger partial charge in [0.05, 0.1) is 0 Å². The SMILES string of the molecule is CCC(C)NCCC(=O)Nc1ccc(C)c(C)c1. The van der Waals surface area contributed by atoms with Gasteiger partial charge in [-0.15, -0.1) is 0 Å². The van der Waals surface area contributed by atoms with E-state index in [2.05, 4.69) is 38.3 Å². The summed E-state index contributed by atoms with van der Waals surface area (Å²) in [6, 6.07) is 6.46. The average Bonchev–Trinajstić information content (AvgIpc) is 2.33. The van der Waals surface area contributed by atoms with Gasteiger partial charge in [-0.2, -0.15) is 0 Å². The lowest BCUT2D eigenvalue weighted by Gasteiger charge is -2.11. The molecule has 0 aliphatic carbocycles. The third kappa shape index (κ3) is 4.88. The number of aryl methyl sites for hydroxylation is 2. The van der Waals surface area contributed by atoms with Crippen LogP contribution in [0.15, 0.2) is 18.2 Å². The Hall–Kier alpha value is -1.35. The Kier molecular flexibility index (Phi) is 5.86. The third-order valence-electron chi connectivity index (χ3n) is 3.25. The Balaban J connectivity index is 2.38. The molecule has 0 aliphatic rings. The molecule has 0 heterocycles. The van der Waals surface area contributed by atoms with Gasteiger partial charge in [-0.1, -0.05) is 13.0 Å². The van der Waals surface area contributed by atoms with Gasteiger partial charge >= 0.3 is 0 Å². The van der Waals surface area contributed by atoms with E-state index in [0.717, 1.165) is 18.7 Å². The molecule has 3 nitrogen and oxygen atoms in total. The number of hydrogen-bond donors (Lipinski definition) is 2. The van der Waals surface area contributed by atoms with Gasteiger partial charge in [-0.25, -0.2) is 0 Å². The summed E-state index contributed by atoms with van der Waals surface area (Å²) in [6.07, 6.45) is 1.59. The normalized spacial score (nSPS) is 12.2. The standard InChI is InChI=1S/C15H24N2O/c1-5-13(4)16-9-8-15(18)17-14-7-6-11(2)12(3)10-14/h6-7,10,13,16H,5,8-9H2,1-4H3,(H,17,18). The van der Waals surface area contributed by atoms with Crippen LogP contribution in [0.5, 0.6) is 0 Å². The molecule has 1 unspecified atom stereocenters. The van der Waals surface area contributed by atoms with E-state index >= 15 is 0 Å². The summed E-state index contributed by atoms with van der Waals surface area (Å²) in [4.78, 5) is 11.7. The van der Waals surface area contributed by atoms with Crippen LogP contribution < -0.4 is 10.6 Å². The summed E-state index contributed by atoms with van der Waals surface area (Å²) in [7, 11) is 0. The van der Waals surface area contributed by atoms with E-state index in [1.807, 2.05) is 18.2 Å². The Morgan fingerprint density at radius 2 is 2.00 bits per heavy atom. The molecule has 0 saturated heterocycles. The molecule has 2 N–H and O–H groups in total. The van der Waals surface area contributed by atoms with Crippen molar-refractivity contribution < 1.29 is 4.79 Å². The maximum atomic E-state index is 11.7. The topological polar surface area (TPSA) is 41.1 Å². The molecule has 1 aromatic rings. The zero-order valence-corrected chi connectivity index (χ0v) is 11.8. The number of nitrogens with one attached hydrogen (secondary N) is 2. The molecular weight excluding hydrogens is 224 g/mol. The maximum Gasteiger partial charge on any atom is 0.225 e. The third-order valence-corrected chi connectivity index (χ3v) is 3.25. The van der Waals surface area contributed by atoms with Crippen molar-refractivity contribution >= 4 is 11.6 Å². The first-order chi connectivity index (χ1) is 8.52. The second kappa shape index (κ2) is 7.17. The van der Waals surface area contributed by atoms with Crippen molar-refractivity contribution in [3.63, 3.8) is 0 Å². The number of carbonyl (C=O) groups excluding carboxylic acids is 1. The van der Waals surface area contributed by atoms with Crippen molar-refractivity contribution in [2.75, 3.05) is 11.9 Å². The smallest absolute Gasteiger partial charge is 0.225 e. The largest absolute Gasteiger partial charge is 0.326 e. The molecule has 1 atom stereocenters. The van der Waals surface area contributed by atoms with Crippen LogP contribution in [0.3, 0.4) is 0 Å². The van der Waals surface area contributed by atoms with Crippen molar-refractivity contribution in [2.45, 2.75) is 46.6 Å². The molecular formula is C15H24N2O. The first kappa shape index (κ1) is 14.7. The number of carbonyl (C=O) groups is 1. The first-order valence-corrected chi connectivity index (χ1v) is 6.63. The van der Waals surface area contributed by atoms with Gasteiger partial charge in [0.25, 0.3) is 0 Å². The van der Waals surface area contributed by atoms with Crippen LogP contribution in [-0.4, -0.2) is 18.5 Å². The highest BCUT2D eigenvalue weighted by molar-refractivity contribution is 5.90. The van der Waals surface area contributed by atoms with Crippen molar-refractivity contribution in [3.05, 3.63) is 29.3 Å². The van der Waals surface area contributed by atoms with Gasteiger partial charge in [0.1, 0.15) is 0 Å². The predicted molar refractivity (Wildman–Crippen MR) is 76.9 cm³/mol. The van der Waals surface area contributed by atoms with Crippen LogP contribution in [0.25, 0.3) is 0 Å². The van der Waals surface area contributed by atoms with Gasteiger partial charge in [0, 0.05) is 24.7 Å². The van der Waals surface area contributed by atoms with E-state index in [1.54, 1.807) is 0 Å². The first-order valence-electron chi connectivity index (χ1n) is 6.63. The second-order valence-corrected chi connectivity index (χ2v) is 4.86. The number of rotatable bonds is 6. The maximum absolute atomic E-state index is 11.7. The van der Waals surface area contributed by atoms with Crippen LogP contribution in [0.4, 0.5) is 5.69 Å². The van der Waals surface area contributed by atoms with Crippen LogP contribution in [0.1, 0.15) is 37.8 Å². The second-order valence-electron chi connectivity index (χ2n) is 4.86. The van der Waals surface area contributed by atoms with Gasteiger partial charge in [0.2, 0.25) is 5.91 Å². The predicted octanol–water partition coefficient (Wildman–Crippen LogP) is 3.02. The van der Waals surface area contributed by atoms with Gasteiger partial charge < -0.3 is 10.6 Å². The lowest BCUT2D eigenvalue weighted by atomic mass is 10.1. The molecule has 0 spiro atoms. The Morgan fingerprint density at radius 1 is 1.28 bits per heavy atom. The highest BCUT2D eigenvalue weighted by atomic mass is 16.1. The molecule has 3 heteroatoms. The van der Waals surface area contributed by atoms with Crippen molar-refractivity contribution in [3.8, 4) is 0 Å². The van der Waals surface area contributed by atoms with Gasteiger partial charge in [-0.3, -0.25) is 4.79 Å². The molecule has 0 bridgehead atoms. The lowest BCUT2D eigenvalue weighted by molar-refractivity contribution is -0.116. The fraction of sp³-hybridized carbons (Fsp3) is 0.533. The van der Waals surface area contributed by atoms with E-state index in [9.17, 15) is 4.79 Å². The fourth-order valence-corrected chi connectivity index (χ4v) is 1.62. The highest BCUT2D eigenvalue weighted by Crippen LogP contribution is 2.14. The minimum Gasteiger partial charge on any atom is -0.326 e. The van der Waals surface area contributed by atoms with E-state index in [4.69, 9.17) is 0 Å². The molecule has 0 aliphatic heterocycles. The van der Waals surface area contributed by atoms with Crippen LogP contribution in [0, 0.1) is 13.8 Å². The monoisotopic (exact) mass is 248 g/mol. The van der Waals surface area contributed by atoms with Crippen LogP contribution in [0.2, 0.25) is 0 Å². The van der Waals surface area contributed by atoms with E-state index in [-0.39, 0.29) is 5.91 Å². The molecule has 0 fully saturated rings. The van der Waals surface area contributed by atoms with Crippen molar-refractivity contribution in [2.24, 2.45) is 0 Å². The molecule has 0 radical (unpaired) electrons. The van der Waals surface area contributed by atoms with E-state index in [1.165, 1.54) is 11.1 Å². The number of hydrogen-bond acceptors (Lipinski definition) is 2. The highest BCUT2D eigenvalue weighted by Gasteiger charge is 2.04. The zero-order valence-electron chi connectivity index (χ0n) is 11.8. The fourth-order valence-electron chi connectivity index (χ4n) is 1.62. The number of anilines is 1. The Bertz CT molecular complexity index is 401. The summed E-state index contributed by atoms with van der Waals surface area (Å²) in [6.45, 7) is 9.10. The summed E-state index contributed by atoms with van der Waals surface area (Å²) >= 11 is 0. The average molecular weight is 248 g/mol. The summed E-state index contributed by atoms with van der Waals surface area (Å²) in [5.74, 6) is 0.0639. The summed E-state index contributed by atoms with van der Waals surface area (Å²) in [5, 5.41) is 6.23. The molecule has 100 valence electrons. The van der Waals surface area contributed by atoms with Crippen LogP contribution >= 0.6 is 0 Å². The molecule has 0 saturated carbocycles. The summed E-state index contributed by atoms with van der Waals surface area (Å²) < 4.78 is 0. The molecule has 18 heavy (non-hydrogen) atoms. The number of amides is 1. The zero-order chi connectivity index (χ0) is 13.5. The summed E-state index contributed by atoms with van der Waals surface area (Å²) in [5.41, 5.74) is 3.32. The van der Waals surface area contributed by atoms with Crippen molar-refractivity contribution in [1.82, 2.24) is 5.32 Å². The minimum absolute atomic E-state index is 0.0639. The van der Waals surface area contributed by atoms with Gasteiger partial charge in [-0.05, 0) is 50.5 Å².